The molecule has 2 heterocycles. The highest BCUT2D eigenvalue weighted by atomic mass is 16.1. The highest BCUT2D eigenvalue weighted by Crippen LogP contribution is 2.12. The Morgan fingerprint density at radius 3 is 2.44 bits per heavy atom. The lowest BCUT2D eigenvalue weighted by molar-refractivity contribution is 0.311. The molecule has 1 aliphatic rings. The van der Waals surface area contributed by atoms with Crippen LogP contribution in [0.3, 0.4) is 0 Å². The van der Waals surface area contributed by atoms with E-state index in [1.54, 1.807) is 0 Å². The van der Waals surface area contributed by atoms with E-state index in [-0.39, 0.29) is 17.1 Å². The van der Waals surface area contributed by atoms with Gasteiger partial charge in [0.25, 0.3) is 5.56 Å². The first-order valence-corrected chi connectivity index (χ1v) is 5.16. The predicted octanol–water partition coefficient (Wildman–Crippen LogP) is -1.31. The third kappa shape index (κ3) is 1.94. The van der Waals surface area contributed by atoms with Gasteiger partial charge in [-0.15, -0.1) is 0 Å². The highest BCUT2D eigenvalue weighted by molar-refractivity contribution is 5.58. The molecule has 7 heteroatoms. The van der Waals surface area contributed by atoms with Crippen LogP contribution in [0.25, 0.3) is 0 Å². The Bertz CT molecular complexity index is 434. The van der Waals surface area contributed by atoms with Crippen molar-refractivity contribution in [2.24, 2.45) is 0 Å². The smallest absolute Gasteiger partial charge is 0.277 e. The molecule has 0 radical (unpaired) electrons. The van der Waals surface area contributed by atoms with E-state index in [0.717, 1.165) is 26.2 Å². The Morgan fingerprint density at radius 2 is 1.88 bits per heavy atom. The van der Waals surface area contributed by atoms with Crippen molar-refractivity contribution in [3.63, 3.8) is 0 Å². The first-order chi connectivity index (χ1) is 7.58. The molecule has 0 spiro atoms. The lowest BCUT2D eigenvalue weighted by atomic mass is 10.3. The molecule has 1 aromatic rings. The van der Waals surface area contributed by atoms with Gasteiger partial charge < -0.3 is 21.3 Å². The minimum absolute atomic E-state index is 0.0159. The average molecular weight is 224 g/mol. The third-order valence-electron chi connectivity index (χ3n) is 2.78. The largest absolute Gasteiger partial charge is 0.391 e. The Labute approximate surface area is 93.1 Å². The van der Waals surface area contributed by atoms with Gasteiger partial charge in [-0.25, -0.2) is 0 Å². The van der Waals surface area contributed by atoms with Crippen LogP contribution in [0.1, 0.15) is 0 Å². The van der Waals surface area contributed by atoms with Crippen LogP contribution in [0.15, 0.2) is 4.79 Å². The fourth-order valence-corrected chi connectivity index (χ4v) is 1.66. The Kier molecular flexibility index (Phi) is 2.69. The monoisotopic (exact) mass is 224 g/mol. The Morgan fingerprint density at radius 1 is 1.25 bits per heavy atom. The number of anilines is 3. The second-order valence-corrected chi connectivity index (χ2v) is 3.98. The first kappa shape index (κ1) is 10.7. The van der Waals surface area contributed by atoms with Crippen LogP contribution in [-0.2, 0) is 0 Å². The molecule has 88 valence electrons. The number of hydrogen-bond acceptors (Lipinski definition) is 6. The van der Waals surface area contributed by atoms with E-state index in [1.165, 1.54) is 0 Å². The molecule has 1 fully saturated rings. The number of rotatable bonds is 1. The SMILES string of the molecule is CN1CCN(c2nc(N)c(N)c(=O)[nH]2)CC1. The number of hydrogen-bond donors (Lipinski definition) is 3. The molecule has 0 aromatic carbocycles. The van der Waals surface area contributed by atoms with Gasteiger partial charge in [-0.3, -0.25) is 9.78 Å². The maximum Gasteiger partial charge on any atom is 0.277 e. The molecular weight excluding hydrogens is 208 g/mol. The van der Waals surface area contributed by atoms with Crippen molar-refractivity contribution >= 4 is 17.5 Å². The lowest BCUT2D eigenvalue weighted by Crippen LogP contribution is -2.45. The molecule has 0 unspecified atom stereocenters. The predicted molar refractivity (Wildman–Crippen MR) is 63.4 cm³/mol. The number of nitrogens with one attached hydrogen (secondary N) is 1. The van der Waals surface area contributed by atoms with Gasteiger partial charge in [-0.2, -0.15) is 4.98 Å². The van der Waals surface area contributed by atoms with E-state index in [0.29, 0.717) is 5.95 Å². The fraction of sp³-hybridized carbons (Fsp3) is 0.556. The van der Waals surface area contributed by atoms with E-state index in [4.69, 9.17) is 11.5 Å². The maximum atomic E-state index is 11.4. The van der Waals surface area contributed by atoms with Crippen molar-refractivity contribution in [2.45, 2.75) is 0 Å². The van der Waals surface area contributed by atoms with Gasteiger partial charge in [0.2, 0.25) is 5.95 Å². The van der Waals surface area contributed by atoms with Crippen molar-refractivity contribution in [3.05, 3.63) is 10.4 Å². The van der Waals surface area contributed by atoms with E-state index < -0.39 is 0 Å². The molecule has 1 aromatic heterocycles. The van der Waals surface area contributed by atoms with Crippen LogP contribution in [0, 0.1) is 0 Å². The molecule has 0 aliphatic carbocycles. The van der Waals surface area contributed by atoms with Gasteiger partial charge in [0.15, 0.2) is 5.82 Å². The zero-order valence-electron chi connectivity index (χ0n) is 9.23. The summed E-state index contributed by atoms with van der Waals surface area (Å²) < 4.78 is 0. The van der Waals surface area contributed by atoms with Crippen molar-refractivity contribution in [1.29, 1.82) is 0 Å². The summed E-state index contributed by atoms with van der Waals surface area (Å²) in [5.74, 6) is 0.600. The average Bonchev–Trinajstić information content (AvgIpc) is 2.26. The summed E-state index contributed by atoms with van der Waals surface area (Å²) in [6.07, 6.45) is 0. The molecule has 1 aliphatic heterocycles. The topological polar surface area (TPSA) is 104 Å². The van der Waals surface area contributed by atoms with Gasteiger partial charge in [0.05, 0.1) is 0 Å². The lowest BCUT2D eigenvalue weighted by Gasteiger charge is -2.32. The van der Waals surface area contributed by atoms with Crippen molar-refractivity contribution in [1.82, 2.24) is 14.9 Å². The number of piperazine rings is 1. The Balaban J connectivity index is 2.24. The van der Waals surface area contributed by atoms with Crippen molar-refractivity contribution in [3.8, 4) is 0 Å². The molecule has 2 rings (SSSR count). The molecule has 0 bridgehead atoms. The number of nitrogen functional groups attached to an aromatic ring is 2. The van der Waals surface area contributed by atoms with Crippen LogP contribution in [-0.4, -0.2) is 48.1 Å². The summed E-state index contributed by atoms with van der Waals surface area (Å²) in [4.78, 5) is 22.4. The minimum atomic E-state index is -0.374. The zero-order chi connectivity index (χ0) is 11.7. The van der Waals surface area contributed by atoms with Crippen LogP contribution < -0.4 is 21.9 Å². The van der Waals surface area contributed by atoms with Gasteiger partial charge in [-0.1, -0.05) is 0 Å². The van der Waals surface area contributed by atoms with Crippen LogP contribution in [0.4, 0.5) is 17.5 Å². The number of aromatic nitrogens is 2. The molecule has 16 heavy (non-hydrogen) atoms. The maximum absolute atomic E-state index is 11.4. The fourth-order valence-electron chi connectivity index (χ4n) is 1.66. The number of H-pyrrole nitrogens is 1. The summed E-state index contributed by atoms with van der Waals surface area (Å²) in [6.45, 7) is 3.52. The first-order valence-electron chi connectivity index (χ1n) is 5.16. The molecule has 1 saturated heterocycles. The second kappa shape index (κ2) is 4.01. The van der Waals surface area contributed by atoms with Crippen LogP contribution in [0.2, 0.25) is 0 Å². The molecule has 0 saturated carbocycles. The van der Waals surface area contributed by atoms with E-state index >= 15 is 0 Å². The Hall–Kier alpha value is -1.76. The summed E-state index contributed by atoms with van der Waals surface area (Å²) in [6, 6.07) is 0. The zero-order valence-corrected chi connectivity index (χ0v) is 9.23. The summed E-state index contributed by atoms with van der Waals surface area (Å²) in [5.41, 5.74) is 10.6. The number of aromatic amines is 1. The number of nitrogens with zero attached hydrogens (tertiary/aromatic N) is 3. The number of likely N-dealkylation sites (N-methyl/N-ethyl adjacent to an activating group) is 1. The van der Waals surface area contributed by atoms with Crippen LogP contribution >= 0.6 is 0 Å². The number of nitrogens with two attached hydrogens (primary N) is 2. The van der Waals surface area contributed by atoms with E-state index in [9.17, 15) is 4.79 Å². The standard InChI is InChI=1S/C9H16N6O/c1-14-2-4-15(5-3-14)9-12-7(11)6(10)8(16)13-9/h2-5,10H2,1H3,(H3,11,12,13,16). The second-order valence-electron chi connectivity index (χ2n) is 3.98. The minimum Gasteiger partial charge on any atom is -0.391 e. The molecule has 0 amide bonds. The molecule has 5 N–H and O–H groups in total. The quantitative estimate of drug-likeness (QED) is 0.547. The molecule has 7 nitrogen and oxygen atoms in total. The van der Waals surface area contributed by atoms with E-state index in [2.05, 4.69) is 21.9 Å². The molecule has 0 atom stereocenters. The van der Waals surface area contributed by atoms with Gasteiger partial charge in [0.1, 0.15) is 5.69 Å². The van der Waals surface area contributed by atoms with Gasteiger partial charge in [-0.05, 0) is 7.05 Å². The third-order valence-corrected chi connectivity index (χ3v) is 2.78. The van der Waals surface area contributed by atoms with Gasteiger partial charge >= 0.3 is 0 Å². The van der Waals surface area contributed by atoms with E-state index in [1.807, 2.05) is 4.90 Å². The van der Waals surface area contributed by atoms with Crippen LogP contribution in [0.5, 0.6) is 0 Å². The highest BCUT2D eigenvalue weighted by Gasteiger charge is 2.17. The van der Waals surface area contributed by atoms with Crippen molar-refractivity contribution < 1.29 is 0 Å². The molecular formula is C9H16N6O. The van der Waals surface area contributed by atoms with Gasteiger partial charge in [0, 0.05) is 26.2 Å². The summed E-state index contributed by atoms with van der Waals surface area (Å²) in [5, 5.41) is 0. The summed E-state index contributed by atoms with van der Waals surface area (Å²) >= 11 is 0. The van der Waals surface area contributed by atoms with Crippen molar-refractivity contribution in [2.75, 3.05) is 49.6 Å². The summed E-state index contributed by atoms with van der Waals surface area (Å²) in [7, 11) is 2.06. The normalized spacial score (nSPS) is 17.7.